The molecule has 1 saturated heterocycles. The van der Waals surface area contributed by atoms with Crippen molar-refractivity contribution in [3.8, 4) is 0 Å². The van der Waals surface area contributed by atoms with Crippen molar-refractivity contribution >= 4 is 0 Å². The molecule has 1 aliphatic carbocycles. The summed E-state index contributed by atoms with van der Waals surface area (Å²) >= 11 is 0. The maximum absolute atomic E-state index is 9.82. The fourth-order valence-corrected chi connectivity index (χ4v) is 2.42. The van der Waals surface area contributed by atoms with E-state index in [-0.39, 0.29) is 11.5 Å². The number of aliphatic hydroxyl groups is 1. The van der Waals surface area contributed by atoms with Crippen LogP contribution in [0, 0.1) is 11.3 Å². The molecule has 0 spiro atoms. The topological polar surface area (TPSA) is 23.5 Å². The number of aliphatic hydroxyl groups excluding tert-OH is 1. The van der Waals surface area contributed by atoms with E-state index >= 15 is 0 Å². The standard InChI is InChI=1S/C12H23NO/c1-12(2)9-13(8-6-11(12)14)7-5-10-3-4-10/h10-11,14H,3-9H2,1-2H3. The molecule has 2 aliphatic rings. The predicted molar refractivity (Wildman–Crippen MR) is 58.2 cm³/mol. The van der Waals surface area contributed by atoms with Gasteiger partial charge in [-0.15, -0.1) is 0 Å². The Kier molecular flexibility index (Phi) is 2.85. The molecule has 1 saturated carbocycles. The van der Waals surface area contributed by atoms with Crippen LogP contribution < -0.4 is 0 Å². The second-order valence-electron chi connectivity index (χ2n) is 5.80. The average Bonchev–Trinajstić information content (AvgIpc) is 2.90. The highest BCUT2D eigenvalue weighted by Gasteiger charge is 2.34. The normalized spacial score (nSPS) is 33.2. The molecular formula is C12H23NO. The lowest BCUT2D eigenvalue weighted by atomic mass is 9.81. The van der Waals surface area contributed by atoms with Crippen molar-refractivity contribution in [3.05, 3.63) is 0 Å². The van der Waals surface area contributed by atoms with E-state index in [0.717, 1.165) is 25.4 Å². The molecule has 0 radical (unpaired) electrons. The van der Waals surface area contributed by atoms with E-state index in [1.807, 2.05) is 0 Å². The second kappa shape index (κ2) is 3.82. The van der Waals surface area contributed by atoms with Crippen LogP contribution in [-0.2, 0) is 0 Å². The number of nitrogens with zero attached hydrogens (tertiary/aromatic N) is 1. The predicted octanol–water partition coefficient (Wildman–Crippen LogP) is 1.88. The molecule has 82 valence electrons. The van der Waals surface area contributed by atoms with Crippen molar-refractivity contribution in [2.45, 2.75) is 45.6 Å². The van der Waals surface area contributed by atoms with Crippen LogP contribution in [-0.4, -0.2) is 35.7 Å². The Hall–Kier alpha value is -0.0800. The highest BCUT2D eigenvalue weighted by Crippen LogP contribution is 2.34. The lowest BCUT2D eigenvalue weighted by Gasteiger charge is -2.41. The third-order valence-electron chi connectivity index (χ3n) is 3.80. The zero-order valence-electron chi connectivity index (χ0n) is 9.50. The minimum Gasteiger partial charge on any atom is -0.392 e. The molecule has 0 amide bonds. The van der Waals surface area contributed by atoms with Crippen molar-refractivity contribution in [2.75, 3.05) is 19.6 Å². The summed E-state index contributed by atoms with van der Waals surface area (Å²) < 4.78 is 0. The Balaban J connectivity index is 1.77. The van der Waals surface area contributed by atoms with Gasteiger partial charge in [-0.2, -0.15) is 0 Å². The summed E-state index contributed by atoms with van der Waals surface area (Å²) in [4.78, 5) is 2.53. The van der Waals surface area contributed by atoms with Crippen molar-refractivity contribution in [3.63, 3.8) is 0 Å². The summed E-state index contributed by atoms with van der Waals surface area (Å²) in [7, 11) is 0. The molecule has 1 N–H and O–H groups in total. The van der Waals surface area contributed by atoms with Gasteiger partial charge in [-0.3, -0.25) is 0 Å². The first-order valence-corrected chi connectivity index (χ1v) is 5.98. The number of rotatable bonds is 3. The fraction of sp³-hybridized carbons (Fsp3) is 1.00. The minimum absolute atomic E-state index is 0.0975. The van der Waals surface area contributed by atoms with Gasteiger partial charge >= 0.3 is 0 Å². The molecule has 14 heavy (non-hydrogen) atoms. The Morgan fingerprint density at radius 2 is 2.00 bits per heavy atom. The summed E-state index contributed by atoms with van der Waals surface area (Å²) in [6.45, 7) is 7.78. The van der Waals surface area contributed by atoms with Gasteiger partial charge < -0.3 is 10.0 Å². The number of piperidine rings is 1. The molecular weight excluding hydrogens is 174 g/mol. The highest BCUT2D eigenvalue weighted by atomic mass is 16.3. The van der Waals surface area contributed by atoms with Crippen molar-refractivity contribution < 1.29 is 5.11 Å². The smallest absolute Gasteiger partial charge is 0.0615 e. The van der Waals surface area contributed by atoms with Crippen LogP contribution in [0.4, 0.5) is 0 Å². The Bertz CT molecular complexity index is 198. The van der Waals surface area contributed by atoms with Gasteiger partial charge in [-0.05, 0) is 25.3 Å². The lowest BCUT2D eigenvalue weighted by Crippen LogP contribution is -2.48. The Morgan fingerprint density at radius 1 is 1.29 bits per heavy atom. The van der Waals surface area contributed by atoms with Crippen LogP contribution in [0.3, 0.4) is 0 Å². The number of likely N-dealkylation sites (tertiary alicyclic amines) is 1. The van der Waals surface area contributed by atoms with E-state index in [9.17, 15) is 5.11 Å². The molecule has 0 aromatic heterocycles. The summed E-state index contributed by atoms with van der Waals surface area (Å²) in [5.74, 6) is 1.03. The van der Waals surface area contributed by atoms with E-state index in [4.69, 9.17) is 0 Å². The van der Waals surface area contributed by atoms with Crippen molar-refractivity contribution in [1.29, 1.82) is 0 Å². The first-order chi connectivity index (χ1) is 6.58. The van der Waals surface area contributed by atoms with E-state index in [2.05, 4.69) is 18.7 Å². The maximum Gasteiger partial charge on any atom is 0.0615 e. The molecule has 1 atom stereocenters. The minimum atomic E-state index is -0.0975. The second-order valence-corrected chi connectivity index (χ2v) is 5.80. The van der Waals surface area contributed by atoms with Gasteiger partial charge in [0.1, 0.15) is 0 Å². The third kappa shape index (κ3) is 2.48. The van der Waals surface area contributed by atoms with Gasteiger partial charge in [0.05, 0.1) is 6.10 Å². The average molecular weight is 197 g/mol. The summed E-state index contributed by atoms with van der Waals surface area (Å²) in [6.07, 6.45) is 5.16. The van der Waals surface area contributed by atoms with Crippen LogP contribution in [0.1, 0.15) is 39.5 Å². The van der Waals surface area contributed by atoms with E-state index in [1.54, 1.807) is 0 Å². The van der Waals surface area contributed by atoms with Gasteiger partial charge in [-0.25, -0.2) is 0 Å². The molecule has 1 heterocycles. The third-order valence-corrected chi connectivity index (χ3v) is 3.80. The van der Waals surface area contributed by atoms with Crippen LogP contribution >= 0.6 is 0 Å². The highest BCUT2D eigenvalue weighted by molar-refractivity contribution is 4.87. The van der Waals surface area contributed by atoms with E-state index in [1.165, 1.54) is 25.8 Å². The maximum atomic E-state index is 9.82. The fourth-order valence-electron chi connectivity index (χ4n) is 2.42. The SMILES string of the molecule is CC1(C)CN(CCC2CC2)CCC1O. The molecule has 1 aliphatic heterocycles. The molecule has 2 fully saturated rings. The number of hydrogen-bond acceptors (Lipinski definition) is 2. The first-order valence-electron chi connectivity index (χ1n) is 5.98. The van der Waals surface area contributed by atoms with Crippen molar-refractivity contribution in [2.24, 2.45) is 11.3 Å². The molecule has 2 heteroatoms. The Morgan fingerprint density at radius 3 is 2.57 bits per heavy atom. The number of hydrogen-bond donors (Lipinski definition) is 1. The van der Waals surface area contributed by atoms with Crippen LogP contribution in [0.25, 0.3) is 0 Å². The summed E-state index contributed by atoms with van der Waals surface area (Å²) in [6, 6.07) is 0. The molecule has 1 unspecified atom stereocenters. The summed E-state index contributed by atoms with van der Waals surface area (Å²) in [5, 5.41) is 9.82. The van der Waals surface area contributed by atoms with Crippen molar-refractivity contribution in [1.82, 2.24) is 4.90 Å². The van der Waals surface area contributed by atoms with Gasteiger partial charge in [0.15, 0.2) is 0 Å². The lowest BCUT2D eigenvalue weighted by molar-refractivity contribution is -0.0249. The van der Waals surface area contributed by atoms with Gasteiger partial charge in [0, 0.05) is 18.5 Å². The summed E-state index contributed by atoms with van der Waals surface area (Å²) in [5.41, 5.74) is 0.0990. The van der Waals surface area contributed by atoms with Crippen LogP contribution in [0.15, 0.2) is 0 Å². The molecule has 0 aromatic rings. The van der Waals surface area contributed by atoms with Gasteiger partial charge in [-0.1, -0.05) is 26.7 Å². The van der Waals surface area contributed by atoms with Gasteiger partial charge in [0.2, 0.25) is 0 Å². The van der Waals surface area contributed by atoms with Crippen LogP contribution in [0.5, 0.6) is 0 Å². The van der Waals surface area contributed by atoms with Crippen LogP contribution in [0.2, 0.25) is 0 Å². The monoisotopic (exact) mass is 197 g/mol. The molecule has 0 aromatic carbocycles. The zero-order chi connectivity index (χ0) is 10.2. The largest absolute Gasteiger partial charge is 0.392 e. The quantitative estimate of drug-likeness (QED) is 0.746. The van der Waals surface area contributed by atoms with E-state index < -0.39 is 0 Å². The molecule has 2 rings (SSSR count). The Labute approximate surface area is 87.3 Å². The zero-order valence-corrected chi connectivity index (χ0v) is 9.50. The van der Waals surface area contributed by atoms with E-state index in [0.29, 0.717) is 0 Å². The first kappa shape index (κ1) is 10.4. The molecule has 2 nitrogen and oxygen atoms in total. The molecule has 0 bridgehead atoms. The van der Waals surface area contributed by atoms with Gasteiger partial charge in [0.25, 0.3) is 0 Å².